The summed E-state index contributed by atoms with van der Waals surface area (Å²) in [5, 5.41) is 12.3. The van der Waals surface area contributed by atoms with E-state index >= 15 is 0 Å². The summed E-state index contributed by atoms with van der Waals surface area (Å²) >= 11 is 0. The summed E-state index contributed by atoms with van der Waals surface area (Å²) in [5.74, 6) is -0.602. The van der Waals surface area contributed by atoms with Gasteiger partial charge >= 0.3 is 5.97 Å². The predicted molar refractivity (Wildman–Crippen MR) is 37.6 cm³/mol. The molecule has 4 nitrogen and oxygen atoms in total. The summed E-state index contributed by atoms with van der Waals surface area (Å²) < 4.78 is 4.72. The Bertz CT molecular complexity index is 277. The second kappa shape index (κ2) is 2.74. The van der Waals surface area contributed by atoms with Crippen LogP contribution in [0.25, 0.3) is 0 Å². The van der Waals surface area contributed by atoms with Crippen molar-refractivity contribution in [2.45, 2.75) is 20.3 Å². The van der Waals surface area contributed by atoms with Gasteiger partial charge in [-0.3, -0.25) is 0 Å². The Hall–Kier alpha value is -1.32. The van der Waals surface area contributed by atoms with E-state index in [4.69, 9.17) is 9.63 Å². The maximum Gasteiger partial charge on any atom is 0.341 e. The van der Waals surface area contributed by atoms with Crippen LogP contribution in [-0.2, 0) is 6.42 Å². The fourth-order valence-corrected chi connectivity index (χ4v) is 0.933. The highest BCUT2D eigenvalue weighted by molar-refractivity contribution is 5.89. The van der Waals surface area contributed by atoms with Gasteiger partial charge in [0.15, 0.2) is 0 Å². The molecule has 0 unspecified atom stereocenters. The van der Waals surface area contributed by atoms with Crippen LogP contribution in [0.3, 0.4) is 0 Å². The predicted octanol–water partition coefficient (Wildman–Crippen LogP) is 1.24. The quantitative estimate of drug-likeness (QED) is 0.697. The highest BCUT2D eigenvalue weighted by atomic mass is 16.5. The van der Waals surface area contributed by atoms with Crippen molar-refractivity contribution in [1.82, 2.24) is 5.16 Å². The Labute approximate surface area is 63.8 Å². The molecule has 1 heterocycles. The van der Waals surface area contributed by atoms with Crippen molar-refractivity contribution >= 4 is 5.97 Å². The van der Waals surface area contributed by atoms with Crippen LogP contribution in [0.4, 0.5) is 0 Å². The number of carboxylic acids is 1. The zero-order chi connectivity index (χ0) is 8.43. The Morgan fingerprint density at radius 1 is 1.73 bits per heavy atom. The van der Waals surface area contributed by atoms with Crippen LogP contribution in [0.15, 0.2) is 4.52 Å². The average molecular weight is 155 g/mol. The maximum atomic E-state index is 10.6. The van der Waals surface area contributed by atoms with E-state index in [0.29, 0.717) is 17.9 Å². The van der Waals surface area contributed by atoms with Crippen molar-refractivity contribution in [1.29, 1.82) is 0 Å². The van der Waals surface area contributed by atoms with Gasteiger partial charge in [0.05, 0.1) is 5.69 Å². The number of aromatic carboxylic acids is 1. The van der Waals surface area contributed by atoms with Crippen molar-refractivity contribution in [3.05, 3.63) is 17.0 Å². The van der Waals surface area contributed by atoms with Gasteiger partial charge in [-0.05, 0) is 13.3 Å². The van der Waals surface area contributed by atoms with Crippen molar-refractivity contribution in [3.63, 3.8) is 0 Å². The largest absolute Gasteiger partial charge is 0.477 e. The Morgan fingerprint density at radius 2 is 2.36 bits per heavy atom. The van der Waals surface area contributed by atoms with E-state index in [1.165, 1.54) is 0 Å². The molecule has 0 saturated heterocycles. The van der Waals surface area contributed by atoms with Gasteiger partial charge in [0.2, 0.25) is 0 Å². The molecule has 0 aliphatic heterocycles. The first-order valence-electron chi connectivity index (χ1n) is 3.35. The smallest absolute Gasteiger partial charge is 0.341 e. The fourth-order valence-electron chi connectivity index (χ4n) is 0.933. The molecule has 0 spiro atoms. The minimum absolute atomic E-state index is 0.201. The Balaban J connectivity index is 3.17. The van der Waals surface area contributed by atoms with E-state index in [-0.39, 0.29) is 5.56 Å². The molecular weight excluding hydrogens is 146 g/mol. The van der Waals surface area contributed by atoms with Gasteiger partial charge in [0, 0.05) is 0 Å². The second-order valence-electron chi connectivity index (χ2n) is 2.22. The number of nitrogens with zero attached hydrogens (tertiary/aromatic N) is 1. The van der Waals surface area contributed by atoms with Gasteiger partial charge in [0.25, 0.3) is 0 Å². The summed E-state index contributed by atoms with van der Waals surface area (Å²) in [6, 6.07) is 0. The lowest BCUT2D eigenvalue weighted by Gasteiger charge is -1.90. The lowest BCUT2D eigenvalue weighted by molar-refractivity contribution is 0.0694. The summed E-state index contributed by atoms with van der Waals surface area (Å²) in [6.07, 6.45) is 0.582. The highest BCUT2D eigenvalue weighted by Gasteiger charge is 2.17. The lowest BCUT2D eigenvalue weighted by atomic mass is 10.1. The van der Waals surface area contributed by atoms with Crippen LogP contribution in [0.5, 0.6) is 0 Å². The molecule has 0 aromatic carbocycles. The van der Waals surface area contributed by atoms with E-state index in [0.717, 1.165) is 0 Å². The van der Waals surface area contributed by atoms with Gasteiger partial charge in [-0.25, -0.2) is 4.79 Å². The molecule has 1 aromatic heterocycles. The number of hydrogen-bond donors (Lipinski definition) is 1. The molecule has 0 radical (unpaired) electrons. The van der Waals surface area contributed by atoms with Crippen LogP contribution < -0.4 is 0 Å². The Kier molecular flexibility index (Phi) is 1.94. The minimum Gasteiger partial charge on any atom is -0.477 e. The highest BCUT2D eigenvalue weighted by Crippen LogP contribution is 2.12. The first-order valence-corrected chi connectivity index (χ1v) is 3.35. The van der Waals surface area contributed by atoms with E-state index in [9.17, 15) is 4.79 Å². The van der Waals surface area contributed by atoms with E-state index in [2.05, 4.69) is 5.16 Å². The normalized spacial score (nSPS) is 10.0. The van der Waals surface area contributed by atoms with E-state index in [1.807, 2.05) is 6.92 Å². The summed E-state index contributed by atoms with van der Waals surface area (Å²) in [4.78, 5) is 10.6. The Morgan fingerprint density at radius 3 is 2.73 bits per heavy atom. The molecule has 0 aliphatic carbocycles. The van der Waals surface area contributed by atoms with Crippen molar-refractivity contribution in [2.75, 3.05) is 0 Å². The molecule has 1 rings (SSSR count). The summed E-state index contributed by atoms with van der Waals surface area (Å²) in [6.45, 7) is 3.43. The maximum absolute atomic E-state index is 10.6. The van der Waals surface area contributed by atoms with Gasteiger partial charge in [-0.15, -0.1) is 0 Å². The van der Waals surface area contributed by atoms with Crippen LogP contribution in [-0.4, -0.2) is 16.2 Å². The molecule has 1 aromatic rings. The van der Waals surface area contributed by atoms with Crippen LogP contribution in [0.1, 0.15) is 28.7 Å². The van der Waals surface area contributed by atoms with Crippen LogP contribution in [0.2, 0.25) is 0 Å². The number of aryl methyl sites for hydroxylation is 2. The number of carboxylic acid groups (broad SMARTS) is 1. The fraction of sp³-hybridized carbons (Fsp3) is 0.429. The molecule has 11 heavy (non-hydrogen) atoms. The average Bonchev–Trinajstić information content (AvgIpc) is 2.30. The molecule has 60 valence electrons. The zero-order valence-corrected chi connectivity index (χ0v) is 6.42. The molecule has 0 bridgehead atoms. The third kappa shape index (κ3) is 1.24. The number of carbonyl (C=O) groups is 1. The lowest BCUT2D eigenvalue weighted by Crippen LogP contribution is -2.00. The van der Waals surface area contributed by atoms with Crippen molar-refractivity contribution in [2.24, 2.45) is 0 Å². The summed E-state index contributed by atoms with van der Waals surface area (Å²) in [5.41, 5.74) is 0.711. The molecule has 1 N–H and O–H groups in total. The first kappa shape index (κ1) is 7.78. The number of rotatable bonds is 2. The molecule has 0 atom stereocenters. The molecule has 0 aliphatic rings. The number of hydrogen-bond acceptors (Lipinski definition) is 3. The van der Waals surface area contributed by atoms with Gasteiger partial charge in [0.1, 0.15) is 11.3 Å². The molecule has 4 heteroatoms. The third-order valence-corrected chi connectivity index (χ3v) is 1.48. The van der Waals surface area contributed by atoms with E-state index < -0.39 is 5.97 Å². The monoisotopic (exact) mass is 155 g/mol. The van der Waals surface area contributed by atoms with Gasteiger partial charge < -0.3 is 9.63 Å². The first-order chi connectivity index (χ1) is 5.16. The van der Waals surface area contributed by atoms with Gasteiger partial charge in [-0.1, -0.05) is 12.1 Å². The SMILES string of the molecule is CCc1noc(C)c1C(=O)O. The van der Waals surface area contributed by atoms with Crippen LogP contribution in [0, 0.1) is 6.92 Å². The third-order valence-electron chi connectivity index (χ3n) is 1.48. The van der Waals surface area contributed by atoms with Crippen molar-refractivity contribution in [3.8, 4) is 0 Å². The molecule has 0 saturated carbocycles. The molecular formula is C7H9NO3. The second-order valence-corrected chi connectivity index (χ2v) is 2.22. The van der Waals surface area contributed by atoms with E-state index in [1.54, 1.807) is 6.92 Å². The number of aromatic nitrogens is 1. The summed E-state index contributed by atoms with van der Waals surface area (Å²) in [7, 11) is 0. The van der Waals surface area contributed by atoms with Gasteiger partial charge in [-0.2, -0.15) is 0 Å². The topological polar surface area (TPSA) is 63.3 Å². The zero-order valence-electron chi connectivity index (χ0n) is 6.42. The van der Waals surface area contributed by atoms with Crippen molar-refractivity contribution < 1.29 is 14.4 Å². The molecule has 0 amide bonds. The van der Waals surface area contributed by atoms with Crippen LogP contribution >= 0.6 is 0 Å². The minimum atomic E-state index is -0.972. The standard InChI is InChI=1S/C7H9NO3/c1-3-5-6(7(9)10)4(2)11-8-5/h3H2,1-2H3,(H,9,10). The molecule has 0 fully saturated rings.